The number of rotatable bonds is 4. The molecule has 1 aromatic carbocycles. The van der Waals surface area contributed by atoms with E-state index in [1.165, 1.54) is 0 Å². The van der Waals surface area contributed by atoms with Crippen molar-refractivity contribution < 1.29 is 4.74 Å². The van der Waals surface area contributed by atoms with Crippen LogP contribution in [0.5, 0.6) is 5.75 Å². The quantitative estimate of drug-likeness (QED) is 0.925. The van der Waals surface area contributed by atoms with Crippen LogP contribution in [0.4, 0.5) is 5.82 Å². The van der Waals surface area contributed by atoms with Crippen molar-refractivity contribution in [3.63, 3.8) is 0 Å². The number of nitrogens with zero attached hydrogens (tertiary/aromatic N) is 2. The third-order valence-corrected chi connectivity index (χ3v) is 3.26. The Morgan fingerprint density at radius 3 is 2.56 bits per heavy atom. The number of aromatic nitrogens is 2. The smallest absolute Gasteiger partial charge is 0.145 e. The molecule has 0 atom stereocenters. The number of benzene rings is 1. The number of anilines is 1. The number of hydrogen-bond donors (Lipinski definition) is 1. The van der Waals surface area contributed by atoms with E-state index in [4.69, 9.17) is 22.1 Å². The molecule has 0 saturated carbocycles. The van der Waals surface area contributed by atoms with E-state index in [-0.39, 0.29) is 0 Å². The molecule has 0 aliphatic heterocycles. The van der Waals surface area contributed by atoms with Crippen molar-refractivity contribution in [2.45, 2.75) is 20.4 Å². The average Bonchev–Trinajstić information content (AvgIpc) is 2.72. The molecule has 0 spiro atoms. The lowest BCUT2D eigenvalue weighted by atomic mass is 10.1. The van der Waals surface area contributed by atoms with Crippen molar-refractivity contribution in [1.82, 2.24) is 9.78 Å². The summed E-state index contributed by atoms with van der Waals surface area (Å²) in [6.07, 6.45) is 1.83. The minimum absolute atomic E-state index is 0.521. The molecule has 0 radical (unpaired) electrons. The maximum Gasteiger partial charge on any atom is 0.145 e. The van der Waals surface area contributed by atoms with Crippen molar-refractivity contribution >= 4 is 17.4 Å². The predicted molar refractivity (Wildman–Crippen MR) is 73.1 cm³/mol. The fraction of sp³-hybridized carbons (Fsp3) is 0.308. The molecule has 1 aromatic heterocycles. The van der Waals surface area contributed by atoms with Crippen LogP contribution in [0.2, 0.25) is 5.02 Å². The number of ether oxygens (including phenoxy) is 1. The van der Waals surface area contributed by atoms with Crippen molar-refractivity contribution in [1.29, 1.82) is 0 Å². The van der Waals surface area contributed by atoms with Gasteiger partial charge in [0, 0.05) is 11.2 Å². The van der Waals surface area contributed by atoms with Gasteiger partial charge < -0.3 is 10.5 Å². The maximum absolute atomic E-state index is 6.10. The first-order valence-corrected chi connectivity index (χ1v) is 6.12. The van der Waals surface area contributed by atoms with E-state index >= 15 is 0 Å². The number of hydrogen-bond acceptors (Lipinski definition) is 3. The van der Waals surface area contributed by atoms with E-state index in [1.807, 2.05) is 32.2 Å². The lowest BCUT2D eigenvalue weighted by Gasteiger charge is -2.10. The van der Waals surface area contributed by atoms with Crippen LogP contribution in [0.25, 0.3) is 0 Å². The zero-order valence-electron chi connectivity index (χ0n) is 10.5. The van der Waals surface area contributed by atoms with Gasteiger partial charge in [0.05, 0.1) is 6.54 Å². The second kappa shape index (κ2) is 5.31. The highest BCUT2D eigenvalue weighted by molar-refractivity contribution is 6.32. The molecule has 0 amide bonds. The second-order valence-corrected chi connectivity index (χ2v) is 4.60. The van der Waals surface area contributed by atoms with Crippen LogP contribution in [0.15, 0.2) is 24.4 Å². The lowest BCUT2D eigenvalue weighted by molar-refractivity contribution is 0.291. The second-order valence-electron chi connectivity index (χ2n) is 4.22. The topological polar surface area (TPSA) is 53.1 Å². The Morgan fingerprint density at radius 1 is 1.33 bits per heavy atom. The molecule has 18 heavy (non-hydrogen) atoms. The molecule has 4 nitrogen and oxygen atoms in total. The van der Waals surface area contributed by atoms with Gasteiger partial charge in [0.25, 0.3) is 0 Å². The minimum Gasteiger partial charge on any atom is -0.492 e. The molecule has 2 rings (SSSR count). The summed E-state index contributed by atoms with van der Waals surface area (Å²) in [5.41, 5.74) is 7.58. The Labute approximate surface area is 111 Å². The molecule has 1 heterocycles. The molecule has 0 aliphatic rings. The van der Waals surface area contributed by atoms with Crippen LogP contribution in [0.3, 0.4) is 0 Å². The Morgan fingerprint density at radius 2 is 2.00 bits per heavy atom. The summed E-state index contributed by atoms with van der Waals surface area (Å²) in [6, 6.07) is 5.64. The molecular formula is C13H16ClN3O. The van der Waals surface area contributed by atoms with Gasteiger partial charge in [-0.3, -0.25) is 4.68 Å². The van der Waals surface area contributed by atoms with E-state index in [2.05, 4.69) is 5.10 Å². The Hall–Kier alpha value is -1.68. The molecule has 0 fully saturated rings. The van der Waals surface area contributed by atoms with Crippen molar-refractivity contribution in [2.24, 2.45) is 0 Å². The zero-order valence-corrected chi connectivity index (χ0v) is 11.2. The van der Waals surface area contributed by atoms with E-state index < -0.39 is 0 Å². The largest absolute Gasteiger partial charge is 0.492 e. The maximum atomic E-state index is 6.10. The average molecular weight is 266 g/mol. The minimum atomic E-state index is 0.521. The first-order chi connectivity index (χ1) is 8.56. The van der Waals surface area contributed by atoms with Crippen LogP contribution in [0, 0.1) is 13.8 Å². The lowest BCUT2D eigenvalue weighted by Crippen LogP contribution is -2.09. The van der Waals surface area contributed by atoms with Gasteiger partial charge in [0.2, 0.25) is 0 Å². The third-order valence-electron chi connectivity index (χ3n) is 2.66. The summed E-state index contributed by atoms with van der Waals surface area (Å²) in [4.78, 5) is 0. The van der Waals surface area contributed by atoms with Gasteiger partial charge in [-0.15, -0.1) is 0 Å². The Kier molecular flexibility index (Phi) is 3.77. The molecular weight excluding hydrogens is 250 g/mol. The molecule has 0 unspecified atom stereocenters. The SMILES string of the molecule is Cc1cc(OCCn2ccc(N)n2)cc(C)c1Cl. The number of nitrogen functional groups attached to an aromatic ring is 1. The van der Waals surface area contributed by atoms with Crippen LogP contribution in [0.1, 0.15) is 11.1 Å². The monoisotopic (exact) mass is 265 g/mol. The Balaban J connectivity index is 1.94. The zero-order chi connectivity index (χ0) is 13.1. The first-order valence-electron chi connectivity index (χ1n) is 5.75. The van der Waals surface area contributed by atoms with E-state index in [9.17, 15) is 0 Å². The van der Waals surface area contributed by atoms with Crippen LogP contribution < -0.4 is 10.5 Å². The molecule has 0 saturated heterocycles. The van der Waals surface area contributed by atoms with E-state index in [1.54, 1.807) is 10.7 Å². The van der Waals surface area contributed by atoms with Gasteiger partial charge in [-0.05, 0) is 43.2 Å². The van der Waals surface area contributed by atoms with Gasteiger partial charge in [-0.25, -0.2) is 0 Å². The fourth-order valence-electron chi connectivity index (χ4n) is 1.75. The summed E-state index contributed by atoms with van der Waals surface area (Å²) in [7, 11) is 0. The van der Waals surface area contributed by atoms with Gasteiger partial charge in [-0.2, -0.15) is 5.10 Å². The molecule has 2 aromatic rings. The van der Waals surface area contributed by atoms with Crippen molar-refractivity contribution in [3.8, 4) is 5.75 Å². The molecule has 5 heteroatoms. The summed E-state index contributed by atoms with van der Waals surface area (Å²) in [5.74, 6) is 1.35. The first kappa shape index (κ1) is 12.8. The molecule has 2 N–H and O–H groups in total. The number of nitrogens with two attached hydrogens (primary N) is 1. The molecule has 96 valence electrons. The van der Waals surface area contributed by atoms with Crippen molar-refractivity contribution in [3.05, 3.63) is 40.5 Å². The van der Waals surface area contributed by atoms with Gasteiger partial charge in [0.15, 0.2) is 0 Å². The van der Waals surface area contributed by atoms with Gasteiger partial charge >= 0.3 is 0 Å². The number of halogens is 1. The third kappa shape index (κ3) is 2.96. The summed E-state index contributed by atoms with van der Waals surface area (Å²) in [5, 5.41) is 4.88. The van der Waals surface area contributed by atoms with Crippen molar-refractivity contribution in [2.75, 3.05) is 12.3 Å². The Bertz CT molecular complexity index is 528. The van der Waals surface area contributed by atoms with Crippen LogP contribution >= 0.6 is 11.6 Å². The highest BCUT2D eigenvalue weighted by atomic mass is 35.5. The van der Waals surface area contributed by atoms with E-state index in [0.29, 0.717) is 19.0 Å². The van der Waals surface area contributed by atoms with Crippen LogP contribution in [-0.4, -0.2) is 16.4 Å². The normalized spacial score (nSPS) is 10.6. The van der Waals surface area contributed by atoms with E-state index in [0.717, 1.165) is 21.9 Å². The summed E-state index contributed by atoms with van der Waals surface area (Å²) in [6.45, 7) is 5.15. The highest BCUT2D eigenvalue weighted by Gasteiger charge is 2.03. The van der Waals surface area contributed by atoms with Gasteiger partial charge in [0.1, 0.15) is 18.2 Å². The number of aryl methyl sites for hydroxylation is 2. The summed E-state index contributed by atoms with van der Waals surface area (Å²) < 4.78 is 7.43. The standard InChI is InChI=1S/C13H16ClN3O/c1-9-7-11(8-10(2)13(9)14)18-6-5-17-4-3-12(15)16-17/h3-4,7-8H,5-6H2,1-2H3,(H2,15,16). The highest BCUT2D eigenvalue weighted by Crippen LogP contribution is 2.25. The van der Waals surface area contributed by atoms with Gasteiger partial charge in [-0.1, -0.05) is 11.6 Å². The van der Waals surface area contributed by atoms with Crippen LogP contribution in [-0.2, 0) is 6.54 Å². The summed E-state index contributed by atoms with van der Waals surface area (Å²) >= 11 is 6.10. The molecule has 0 bridgehead atoms. The predicted octanol–water partition coefficient (Wildman–Crippen LogP) is 2.81. The fourth-order valence-corrected chi connectivity index (χ4v) is 1.86. The molecule has 0 aliphatic carbocycles.